The van der Waals surface area contributed by atoms with Gasteiger partial charge in [0.25, 0.3) is 0 Å². The van der Waals surface area contributed by atoms with Gasteiger partial charge < -0.3 is 4.74 Å². The molecule has 4 rings (SSSR count). The van der Waals surface area contributed by atoms with Gasteiger partial charge >= 0.3 is 5.97 Å². The van der Waals surface area contributed by atoms with E-state index in [1.807, 2.05) is 0 Å². The van der Waals surface area contributed by atoms with Crippen LogP contribution < -0.4 is 0 Å². The minimum absolute atomic E-state index is 0.0374. The molecule has 170 valence electrons. The van der Waals surface area contributed by atoms with Gasteiger partial charge in [-0.05, 0) is 80.5 Å². The Balaban J connectivity index is 1.42. The molecule has 0 aromatic carbocycles. The summed E-state index contributed by atoms with van der Waals surface area (Å²) in [7, 11) is 0. The molecule has 4 aliphatic carbocycles. The molecule has 4 fully saturated rings. The number of ether oxygens (including phenoxy) is 1. The highest BCUT2D eigenvalue weighted by Gasteiger charge is 2.61. The van der Waals surface area contributed by atoms with E-state index in [2.05, 4.69) is 27.7 Å². The molecule has 30 heavy (non-hydrogen) atoms. The lowest BCUT2D eigenvalue weighted by Crippen LogP contribution is -2.55. The van der Waals surface area contributed by atoms with Crippen LogP contribution in [0.4, 0.5) is 0 Å². The predicted octanol–water partition coefficient (Wildman–Crippen LogP) is 6.73. The van der Waals surface area contributed by atoms with Crippen molar-refractivity contribution in [1.29, 1.82) is 0 Å². The first kappa shape index (κ1) is 22.3. The Morgan fingerprint density at radius 3 is 2.53 bits per heavy atom. The average molecular weight is 417 g/mol. The van der Waals surface area contributed by atoms with Crippen molar-refractivity contribution >= 4 is 11.8 Å². The quantitative estimate of drug-likeness (QED) is 0.356. The highest BCUT2D eigenvalue weighted by Crippen LogP contribution is 2.66. The van der Waals surface area contributed by atoms with Gasteiger partial charge in [-0.2, -0.15) is 0 Å². The maximum atomic E-state index is 12.5. The third-order valence-electron chi connectivity index (χ3n) is 10.2. The summed E-state index contributed by atoms with van der Waals surface area (Å²) in [6, 6.07) is 0. The summed E-state index contributed by atoms with van der Waals surface area (Å²) in [6.45, 7) is 9.31. The summed E-state index contributed by atoms with van der Waals surface area (Å²) >= 11 is 0. The van der Waals surface area contributed by atoms with Crippen LogP contribution in [0.3, 0.4) is 0 Å². The second-order valence-corrected chi connectivity index (χ2v) is 11.8. The van der Waals surface area contributed by atoms with Crippen molar-refractivity contribution in [3.63, 3.8) is 0 Å². The number of unbranched alkanes of at least 4 members (excludes halogenated alkanes) is 3. The van der Waals surface area contributed by atoms with E-state index in [-0.39, 0.29) is 23.4 Å². The van der Waals surface area contributed by atoms with E-state index < -0.39 is 0 Å². The van der Waals surface area contributed by atoms with E-state index >= 15 is 0 Å². The summed E-state index contributed by atoms with van der Waals surface area (Å²) in [4.78, 5) is 24.9. The number of Topliss-reactive ketones (excluding diaryl/α,β-unsaturated/α-hetero) is 1. The zero-order chi connectivity index (χ0) is 21.5. The van der Waals surface area contributed by atoms with Crippen LogP contribution in [0, 0.1) is 40.4 Å². The van der Waals surface area contributed by atoms with E-state index in [9.17, 15) is 9.59 Å². The molecule has 4 aliphatic rings. The van der Waals surface area contributed by atoms with E-state index in [0.29, 0.717) is 29.5 Å². The fourth-order valence-corrected chi connectivity index (χ4v) is 8.47. The lowest BCUT2D eigenvalue weighted by molar-refractivity contribution is -0.165. The predicted molar refractivity (Wildman–Crippen MR) is 120 cm³/mol. The number of rotatable bonds is 6. The smallest absolute Gasteiger partial charge is 0.306 e. The Bertz CT molecular complexity index is 656. The van der Waals surface area contributed by atoms with Gasteiger partial charge in [0, 0.05) is 24.2 Å². The maximum Gasteiger partial charge on any atom is 0.306 e. The molecule has 3 nitrogen and oxygen atoms in total. The minimum atomic E-state index is 0.0374. The molecule has 0 aromatic heterocycles. The number of esters is 1. The second kappa shape index (κ2) is 8.58. The van der Waals surface area contributed by atoms with Crippen LogP contribution in [0.1, 0.15) is 111 Å². The van der Waals surface area contributed by atoms with Crippen LogP contribution in [-0.4, -0.2) is 17.9 Å². The molecule has 8 atom stereocenters. The van der Waals surface area contributed by atoms with Crippen molar-refractivity contribution in [2.24, 2.45) is 40.4 Å². The van der Waals surface area contributed by atoms with Crippen LogP contribution in [-0.2, 0) is 14.3 Å². The molecule has 0 spiro atoms. The standard InChI is InChI=1S/C27H44O3/c1-5-6-7-8-9-25(29)30-24-13-12-21-20-11-10-19-16-23(28)18(2)17-27(19,4)22(20)14-15-26(21,24)3/h18-22,24H,5-17H2,1-4H3/t18-,19?,20+,21+,22+,24+,26+,27+/m1/s1. The number of hydrogen-bond donors (Lipinski definition) is 0. The van der Waals surface area contributed by atoms with Crippen LogP contribution in [0.2, 0.25) is 0 Å². The highest BCUT2D eigenvalue weighted by atomic mass is 16.5. The number of carbonyl (C=O) groups excluding carboxylic acids is 2. The lowest BCUT2D eigenvalue weighted by Gasteiger charge is -2.60. The van der Waals surface area contributed by atoms with E-state index in [4.69, 9.17) is 4.74 Å². The third kappa shape index (κ3) is 3.77. The first-order chi connectivity index (χ1) is 14.3. The second-order valence-electron chi connectivity index (χ2n) is 11.8. The average Bonchev–Trinajstić information content (AvgIpc) is 3.03. The Labute approximate surface area is 184 Å². The van der Waals surface area contributed by atoms with Crippen molar-refractivity contribution in [1.82, 2.24) is 0 Å². The van der Waals surface area contributed by atoms with Crippen molar-refractivity contribution in [2.75, 3.05) is 0 Å². The number of carbonyl (C=O) groups is 2. The van der Waals surface area contributed by atoms with Gasteiger partial charge in [-0.15, -0.1) is 0 Å². The molecule has 0 aromatic rings. The Kier molecular flexibility index (Phi) is 6.39. The maximum absolute atomic E-state index is 12.5. The summed E-state index contributed by atoms with van der Waals surface area (Å²) in [6.07, 6.45) is 14.4. The van der Waals surface area contributed by atoms with Gasteiger partial charge in [0.05, 0.1) is 0 Å². The molecule has 0 aliphatic heterocycles. The fourth-order valence-electron chi connectivity index (χ4n) is 8.47. The van der Waals surface area contributed by atoms with Crippen molar-refractivity contribution in [2.45, 2.75) is 117 Å². The summed E-state index contributed by atoms with van der Waals surface area (Å²) in [5.74, 6) is 3.60. The van der Waals surface area contributed by atoms with Crippen molar-refractivity contribution in [3.05, 3.63) is 0 Å². The molecule has 0 bridgehead atoms. The van der Waals surface area contributed by atoms with Crippen molar-refractivity contribution < 1.29 is 14.3 Å². The Morgan fingerprint density at radius 1 is 1.00 bits per heavy atom. The van der Waals surface area contributed by atoms with Gasteiger partial charge in [-0.1, -0.05) is 47.0 Å². The van der Waals surface area contributed by atoms with Gasteiger partial charge in [0.2, 0.25) is 0 Å². The van der Waals surface area contributed by atoms with Crippen LogP contribution >= 0.6 is 0 Å². The van der Waals surface area contributed by atoms with Crippen LogP contribution in [0.25, 0.3) is 0 Å². The largest absolute Gasteiger partial charge is 0.462 e. The van der Waals surface area contributed by atoms with Gasteiger partial charge in [-0.3, -0.25) is 9.59 Å². The monoisotopic (exact) mass is 416 g/mol. The number of hydrogen-bond acceptors (Lipinski definition) is 3. The highest BCUT2D eigenvalue weighted by molar-refractivity contribution is 5.82. The molecule has 0 amide bonds. The zero-order valence-corrected chi connectivity index (χ0v) is 19.9. The SMILES string of the molecule is CCCCCCC(=O)O[C@H]1CC[C@H]2[C@@H]3CCC4CC(=O)[C@H](C)C[C@]4(C)[C@H]3CC[C@]12C. The van der Waals surface area contributed by atoms with Gasteiger partial charge in [0.1, 0.15) is 11.9 Å². The summed E-state index contributed by atoms with van der Waals surface area (Å²) < 4.78 is 6.12. The first-order valence-corrected chi connectivity index (χ1v) is 13.0. The van der Waals surface area contributed by atoms with E-state index in [0.717, 1.165) is 43.9 Å². The Morgan fingerprint density at radius 2 is 1.77 bits per heavy atom. The molecule has 4 saturated carbocycles. The summed E-state index contributed by atoms with van der Waals surface area (Å²) in [5, 5.41) is 0. The van der Waals surface area contributed by atoms with Gasteiger partial charge in [-0.25, -0.2) is 0 Å². The minimum Gasteiger partial charge on any atom is -0.462 e. The molecule has 0 N–H and O–H groups in total. The third-order valence-corrected chi connectivity index (χ3v) is 10.2. The molecular formula is C27H44O3. The van der Waals surface area contributed by atoms with Crippen LogP contribution in [0.5, 0.6) is 0 Å². The Hall–Kier alpha value is -0.860. The fraction of sp³-hybridized carbons (Fsp3) is 0.926. The molecule has 0 heterocycles. The van der Waals surface area contributed by atoms with E-state index in [1.165, 1.54) is 44.9 Å². The first-order valence-electron chi connectivity index (χ1n) is 13.0. The molecule has 1 unspecified atom stereocenters. The molecule has 0 saturated heterocycles. The van der Waals surface area contributed by atoms with E-state index in [1.54, 1.807) is 0 Å². The van der Waals surface area contributed by atoms with Crippen molar-refractivity contribution in [3.8, 4) is 0 Å². The zero-order valence-electron chi connectivity index (χ0n) is 19.9. The molecule has 3 heteroatoms. The van der Waals surface area contributed by atoms with Gasteiger partial charge in [0.15, 0.2) is 0 Å². The number of ketones is 1. The molecule has 0 radical (unpaired) electrons. The lowest BCUT2D eigenvalue weighted by atomic mass is 9.44. The number of fused-ring (bicyclic) bond motifs is 5. The topological polar surface area (TPSA) is 43.4 Å². The van der Waals surface area contributed by atoms with Crippen LogP contribution in [0.15, 0.2) is 0 Å². The molecular weight excluding hydrogens is 372 g/mol. The summed E-state index contributed by atoms with van der Waals surface area (Å²) in [5.41, 5.74) is 0.505. The normalized spacial score (nSPS) is 45.4.